The second-order valence-electron chi connectivity index (χ2n) is 26.9. The summed E-state index contributed by atoms with van der Waals surface area (Å²) in [7, 11) is -9.98. The molecule has 104 heavy (non-hydrogen) atoms. The lowest BCUT2D eigenvalue weighted by Gasteiger charge is -2.21. The molecule has 0 aliphatic heterocycles. The van der Waals surface area contributed by atoms with E-state index in [0.29, 0.717) is 25.7 Å². The van der Waals surface area contributed by atoms with E-state index >= 15 is 0 Å². The molecule has 0 aromatic rings. The smallest absolute Gasteiger partial charge is 0.462 e. The summed E-state index contributed by atoms with van der Waals surface area (Å²) in [5, 5.41) is 10.7. The van der Waals surface area contributed by atoms with E-state index in [9.17, 15) is 43.2 Å². The number of allylic oxidation sites excluding steroid dienone is 20. The molecule has 17 nitrogen and oxygen atoms in total. The maximum atomic E-state index is 13.1. The molecule has 5 atom stereocenters. The van der Waals surface area contributed by atoms with Gasteiger partial charge in [0.05, 0.1) is 26.4 Å². The van der Waals surface area contributed by atoms with Crippen molar-refractivity contribution in [3.8, 4) is 0 Å². The van der Waals surface area contributed by atoms with E-state index in [1.165, 1.54) is 57.8 Å². The summed E-state index contributed by atoms with van der Waals surface area (Å²) in [6.07, 6.45) is 84.5. The molecule has 0 radical (unpaired) electrons. The number of carbonyl (C=O) groups is 4. The first-order valence-corrected chi connectivity index (χ1v) is 43.8. The number of phosphoric acid groups is 2. The Morgan fingerprint density at radius 3 is 0.798 bits per heavy atom. The maximum absolute atomic E-state index is 13.1. The number of phosphoric ester groups is 2. The first-order chi connectivity index (χ1) is 50.7. The maximum Gasteiger partial charge on any atom is 0.472 e. The Morgan fingerprint density at radius 1 is 0.279 bits per heavy atom. The fourth-order valence-electron chi connectivity index (χ4n) is 10.7. The monoisotopic (exact) mass is 1500 g/mol. The highest BCUT2D eigenvalue weighted by atomic mass is 31.2. The van der Waals surface area contributed by atoms with Gasteiger partial charge in [-0.25, -0.2) is 9.13 Å². The Labute approximate surface area is 632 Å². The van der Waals surface area contributed by atoms with Gasteiger partial charge in [-0.2, -0.15) is 0 Å². The number of ether oxygens (including phenoxy) is 4. The summed E-state index contributed by atoms with van der Waals surface area (Å²) in [5.41, 5.74) is 0. The Hall–Kier alpha value is -4.54. The van der Waals surface area contributed by atoms with Crippen LogP contribution in [0.2, 0.25) is 0 Å². The van der Waals surface area contributed by atoms with Crippen LogP contribution >= 0.6 is 15.6 Å². The van der Waals surface area contributed by atoms with Crippen LogP contribution in [0.4, 0.5) is 0 Å². The second kappa shape index (κ2) is 76.6. The normalized spacial score (nSPS) is 14.5. The van der Waals surface area contributed by atoms with Crippen molar-refractivity contribution in [2.45, 2.75) is 354 Å². The standard InChI is InChI=1S/C85H146O17P2/c1-5-9-13-17-21-25-29-33-37-39-43-45-49-53-57-61-65-69-82(87)95-75-80(101-84(89)71-67-63-59-55-51-47-41-35-31-27-23-19-15-11-7-3)77-99-103(91,92)97-73-79(86)74-98-104(93,94)100-78-81(102-85(90)72-68-64-60-56-52-48-42-36-32-28-24-20-16-12-8-4)76-96-83(88)70-66-62-58-54-50-46-44-40-38-34-30-26-22-18-14-10-6-2/h9-10,13-14,21-23,25-27,33-38,41-42,44,46,79-81,86H,5-8,11-12,15-20,24,28-32,39-40,43,45,47-78H2,1-4H3,(H,91,92)(H,93,94)/b13-9-,14-10-,25-21-,26-22-,27-23-,37-33-,38-34-,41-35-,42-36-,46-44-. The van der Waals surface area contributed by atoms with Gasteiger partial charge in [0.2, 0.25) is 0 Å². The van der Waals surface area contributed by atoms with E-state index in [2.05, 4.69) is 149 Å². The lowest BCUT2D eigenvalue weighted by atomic mass is 10.1. The average Bonchev–Trinajstić information content (AvgIpc) is 0.937. The van der Waals surface area contributed by atoms with Gasteiger partial charge in [-0.1, -0.05) is 278 Å². The van der Waals surface area contributed by atoms with Gasteiger partial charge in [0.1, 0.15) is 19.3 Å². The Bertz CT molecular complexity index is 2440. The third-order valence-corrected chi connectivity index (χ3v) is 18.8. The lowest BCUT2D eigenvalue weighted by Crippen LogP contribution is -2.30. The number of unbranched alkanes of at least 4 members (excludes halogenated alkanes) is 30. The zero-order valence-electron chi connectivity index (χ0n) is 65.4. The minimum Gasteiger partial charge on any atom is -0.462 e. The van der Waals surface area contributed by atoms with Crippen LogP contribution in [0.3, 0.4) is 0 Å². The van der Waals surface area contributed by atoms with Gasteiger partial charge >= 0.3 is 39.5 Å². The molecule has 0 aromatic carbocycles. The molecule has 0 rings (SSSR count). The first-order valence-electron chi connectivity index (χ1n) is 40.8. The summed E-state index contributed by atoms with van der Waals surface area (Å²) >= 11 is 0. The molecule has 0 aliphatic carbocycles. The van der Waals surface area contributed by atoms with E-state index in [0.717, 1.165) is 199 Å². The molecule has 3 N–H and O–H groups in total. The third kappa shape index (κ3) is 75.7. The van der Waals surface area contributed by atoms with Crippen LogP contribution in [-0.4, -0.2) is 96.7 Å². The number of hydrogen-bond donors (Lipinski definition) is 3. The van der Waals surface area contributed by atoms with Crippen LogP contribution in [0, 0.1) is 0 Å². The van der Waals surface area contributed by atoms with E-state index < -0.39 is 97.5 Å². The van der Waals surface area contributed by atoms with Crippen LogP contribution in [0.1, 0.15) is 336 Å². The number of hydrogen-bond acceptors (Lipinski definition) is 15. The van der Waals surface area contributed by atoms with Gasteiger partial charge < -0.3 is 33.8 Å². The zero-order valence-corrected chi connectivity index (χ0v) is 67.2. The van der Waals surface area contributed by atoms with Gasteiger partial charge in [-0.05, 0) is 154 Å². The molecule has 5 unspecified atom stereocenters. The molecule has 0 aromatic heterocycles. The van der Waals surface area contributed by atoms with Gasteiger partial charge in [0, 0.05) is 25.7 Å². The van der Waals surface area contributed by atoms with E-state index in [4.69, 9.17) is 37.0 Å². The zero-order chi connectivity index (χ0) is 76.0. The molecule has 0 saturated carbocycles. The van der Waals surface area contributed by atoms with Gasteiger partial charge in [0.25, 0.3) is 0 Å². The van der Waals surface area contributed by atoms with Crippen molar-refractivity contribution in [3.05, 3.63) is 122 Å². The highest BCUT2D eigenvalue weighted by Gasteiger charge is 2.30. The Morgan fingerprint density at radius 2 is 0.500 bits per heavy atom. The number of rotatable bonds is 76. The summed E-state index contributed by atoms with van der Waals surface area (Å²) in [6.45, 7) is 4.59. The minimum absolute atomic E-state index is 0.0747. The predicted molar refractivity (Wildman–Crippen MR) is 427 cm³/mol. The molecule has 0 aliphatic rings. The van der Waals surface area contributed by atoms with Crippen molar-refractivity contribution >= 4 is 39.5 Å². The molecule has 0 spiro atoms. The van der Waals surface area contributed by atoms with Gasteiger partial charge in [0.15, 0.2) is 12.2 Å². The van der Waals surface area contributed by atoms with Gasteiger partial charge in [-0.3, -0.25) is 37.3 Å². The van der Waals surface area contributed by atoms with Crippen molar-refractivity contribution in [2.75, 3.05) is 39.6 Å². The lowest BCUT2D eigenvalue weighted by molar-refractivity contribution is -0.161. The highest BCUT2D eigenvalue weighted by molar-refractivity contribution is 7.47. The molecule has 0 saturated heterocycles. The van der Waals surface area contributed by atoms with Crippen molar-refractivity contribution in [1.29, 1.82) is 0 Å². The van der Waals surface area contributed by atoms with Crippen molar-refractivity contribution in [2.24, 2.45) is 0 Å². The second-order valence-corrected chi connectivity index (χ2v) is 29.8. The van der Waals surface area contributed by atoms with E-state index in [1.54, 1.807) is 0 Å². The minimum atomic E-state index is -4.99. The number of esters is 4. The molecular weight excluding hydrogens is 1350 g/mol. The summed E-state index contributed by atoms with van der Waals surface area (Å²) in [4.78, 5) is 73.1. The molecule has 0 bridgehead atoms. The van der Waals surface area contributed by atoms with Crippen molar-refractivity contribution in [1.82, 2.24) is 0 Å². The number of carbonyl (C=O) groups excluding carboxylic acids is 4. The van der Waals surface area contributed by atoms with Crippen LogP contribution in [0.15, 0.2) is 122 Å². The predicted octanol–water partition coefficient (Wildman–Crippen LogP) is 23.9. The Balaban J connectivity index is 5.40. The summed E-state index contributed by atoms with van der Waals surface area (Å²) < 4.78 is 68.7. The quantitative estimate of drug-likeness (QED) is 0.0169. The molecular formula is C85H146O17P2. The molecule has 0 heterocycles. The molecule has 598 valence electrons. The largest absolute Gasteiger partial charge is 0.472 e. The topological polar surface area (TPSA) is 237 Å². The van der Waals surface area contributed by atoms with Crippen LogP contribution in [0.5, 0.6) is 0 Å². The average molecular weight is 1500 g/mol. The molecule has 0 amide bonds. The SMILES string of the molecule is CC/C=C\C/C=C\C/C=C\C/C=C\CCCCCCC(=O)OCC(COP(=O)(O)OCC(O)COP(=O)(O)OCC(COC(=O)CCCCCCCCC/C=C\C/C=C\C/C=C\CC)OC(=O)CCCCCCC/C=C\C/C=C\CCCCC)OC(=O)CCCCCCC/C=C\CCCCCCCC. The molecule has 19 heteroatoms. The number of aliphatic hydroxyl groups is 1. The highest BCUT2D eigenvalue weighted by Crippen LogP contribution is 2.45. The van der Waals surface area contributed by atoms with Gasteiger partial charge in [-0.15, -0.1) is 0 Å². The van der Waals surface area contributed by atoms with Crippen LogP contribution in [0.25, 0.3) is 0 Å². The Kier molecular flexibility index (Phi) is 73.3. The number of aliphatic hydroxyl groups excluding tert-OH is 1. The fourth-order valence-corrected chi connectivity index (χ4v) is 12.3. The summed E-state index contributed by atoms with van der Waals surface area (Å²) in [5.74, 6) is -2.23. The van der Waals surface area contributed by atoms with Crippen LogP contribution in [-0.2, 0) is 65.4 Å². The van der Waals surface area contributed by atoms with Crippen molar-refractivity contribution < 1.29 is 80.2 Å². The fraction of sp³-hybridized carbons (Fsp3) is 0.718. The van der Waals surface area contributed by atoms with E-state index in [1.807, 2.05) is 0 Å². The summed E-state index contributed by atoms with van der Waals surface area (Å²) in [6, 6.07) is 0. The van der Waals surface area contributed by atoms with Crippen molar-refractivity contribution in [3.63, 3.8) is 0 Å². The third-order valence-electron chi connectivity index (χ3n) is 16.9. The first kappa shape index (κ1) is 99.5. The molecule has 0 fully saturated rings. The van der Waals surface area contributed by atoms with E-state index in [-0.39, 0.29) is 25.7 Å². The van der Waals surface area contributed by atoms with Crippen LogP contribution < -0.4 is 0 Å².